The van der Waals surface area contributed by atoms with Gasteiger partial charge in [0, 0.05) is 17.5 Å². The van der Waals surface area contributed by atoms with Crippen LogP contribution in [0.3, 0.4) is 0 Å². The predicted octanol–water partition coefficient (Wildman–Crippen LogP) is 3.07. The first-order valence-electron chi connectivity index (χ1n) is 6.92. The van der Waals surface area contributed by atoms with Crippen molar-refractivity contribution in [1.82, 2.24) is 20.1 Å². The number of nitrogens with one attached hydrogen (secondary N) is 2. The second kappa shape index (κ2) is 7.15. The first-order chi connectivity index (χ1) is 10.1. The lowest BCUT2D eigenvalue weighted by molar-refractivity contribution is 0.598. The molecule has 7 heteroatoms. The Morgan fingerprint density at radius 1 is 1.48 bits per heavy atom. The van der Waals surface area contributed by atoms with Crippen LogP contribution in [0.5, 0.6) is 0 Å². The molecule has 2 N–H and O–H groups in total. The number of H-pyrrole nitrogens is 1. The molecule has 1 atom stereocenters. The highest BCUT2D eigenvalue weighted by Gasteiger charge is 2.12. The van der Waals surface area contributed by atoms with Gasteiger partial charge >= 0.3 is 5.69 Å². The molecule has 1 heterocycles. The van der Waals surface area contributed by atoms with E-state index in [4.69, 9.17) is 11.6 Å². The predicted molar refractivity (Wildman–Crippen MR) is 86.2 cm³/mol. The fraction of sp³-hybridized carbons (Fsp3) is 0.429. The molecule has 1 aromatic carbocycles. The molecule has 5 nitrogen and oxygen atoms in total. The minimum atomic E-state index is -0.200. The summed E-state index contributed by atoms with van der Waals surface area (Å²) in [6.45, 7) is 7.56. The summed E-state index contributed by atoms with van der Waals surface area (Å²) in [5.74, 6) is 0. The van der Waals surface area contributed by atoms with Gasteiger partial charge in [0.2, 0.25) is 0 Å². The second-order valence-corrected chi connectivity index (χ2v) is 6.04. The van der Waals surface area contributed by atoms with E-state index in [0.29, 0.717) is 16.7 Å². The van der Waals surface area contributed by atoms with Crippen molar-refractivity contribution in [2.24, 2.45) is 0 Å². The van der Waals surface area contributed by atoms with Crippen molar-refractivity contribution in [3.05, 3.63) is 39.3 Å². The number of hydrogen-bond donors (Lipinski definition) is 2. The molecule has 2 rings (SSSR count). The lowest BCUT2D eigenvalue weighted by Crippen LogP contribution is -2.17. The van der Waals surface area contributed by atoms with Crippen LogP contribution in [-0.2, 0) is 6.54 Å². The Balaban J connectivity index is 2.23. The number of rotatable bonds is 6. The monoisotopic (exact) mass is 326 g/mol. The molecular weight excluding hydrogens is 308 g/mol. The molecule has 1 unspecified atom stereocenters. The van der Waals surface area contributed by atoms with Gasteiger partial charge in [0.15, 0.2) is 5.16 Å². The van der Waals surface area contributed by atoms with E-state index < -0.39 is 0 Å². The van der Waals surface area contributed by atoms with Gasteiger partial charge in [-0.05, 0) is 49.9 Å². The molecule has 0 bridgehead atoms. The Morgan fingerprint density at radius 2 is 2.24 bits per heavy atom. The van der Waals surface area contributed by atoms with Gasteiger partial charge in [0.1, 0.15) is 0 Å². The summed E-state index contributed by atoms with van der Waals surface area (Å²) >= 11 is 7.74. The number of nitrogens with zero attached hydrogens (tertiary/aromatic N) is 2. The maximum atomic E-state index is 11.6. The van der Waals surface area contributed by atoms with Gasteiger partial charge in [0.25, 0.3) is 0 Å². The van der Waals surface area contributed by atoms with Crippen LogP contribution in [0, 0.1) is 0 Å². The van der Waals surface area contributed by atoms with E-state index in [-0.39, 0.29) is 11.7 Å². The Morgan fingerprint density at radius 3 is 2.86 bits per heavy atom. The number of benzene rings is 1. The van der Waals surface area contributed by atoms with Gasteiger partial charge in [-0.15, -0.1) is 5.10 Å². The fourth-order valence-electron chi connectivity index (χ4n) is 2.05. The summed E-state index contributed by atoms with van der Waals surface area (Å²) in [6.07, 6.45) is 0. The summed E-state index contributed by atoms with van der Waals surface area (Å²) in [5, 5.41) is 11.1. The largest absolute Gasteiger partial charge is 0.343 e. The summed E-state index contributed by atoms with van der Waals surface area (Å²) in [6, 6.07) is 6.22. The van der Waals surface area contributed by atoms with Crippen LogP contribution in [-0.4, -0.2) is 21.3 Å². The number of aromatic amines is 1. The van der Waals surface area contributed by atoms with Crippen LogP contribution in [0.2, 0.25) is 5.02 Å². The van der Waals surface area contributed by atoms with Crippen molar-refractivity contribution in [2.45, 2.75) is 43.4 Å². The van der Waals surface area contributed by atoms with Crippen molar-refractivity contribution >= 4 is 23.4 Å². The lowest BCUT2D eigenvalue weighted by Gasteiger charge is -2.14. The first-order valence-corrected chi connectivity index (χ1v) is 8.12. The zero-order chi connectivity index (χ0) is 15.4. The maximum absolute atomic E-state index is 11.6. The Labute approximate surface area is 133 Å². The maximum Gasteiger partial charge on any atom is 0.343 e. The van der Waals surface area contributed by atoms with Crippen LogP contribution in [0.15, 0.2) is 33.0 Å². The number of halogens is 1. The third kappa shape index (κ3) is 3.70. The second-order valence-electron chi connectivity index (χ2n) is 4.63. The summed E-state index contributed by atoms with van der Waals surface area (Å²) in [7, 11) is 0. The van der Waals surface area contributed by atoms with Gasteiger partial charge in [-0.1, -0.05) is 24.6 Å². The van der Waals surface area contributed by atoms with Crippen LogP contribution < -0.4 is 11.0 Å². The molecule has 1 aromatic heterocycles. The normalized spacial score (nSPS) is 12.6. The topological polar surface area (TPSA) is 62.7 Å². The van der Waals surface area contributed by atoms with Crippen molar-refractivity contribution in [1.29, 1.82) is 0 Å². The molecule has 21 heavy (non-hydrogen) atoms. The smallest absolute Gasteiger partial charge is 0.310 e. The fourth-order valence-corrected chi connectivity index (χ4v) is 3.26. The van der Waals surface area contributed by atoms with Crippen molar-refractivity contribution in [2.75, 3.05) is 6.54 Å². The van der Waals surface area contributed by atoms with Crippen LogP contribution in [0.4, 0.5) is 0 Å². The third-order valence-electron chi connectivity index (χ3n) is 3.21. The van der Waals surface area contributed by atoms with Crippen molar-refractivity contribution in [3.63, 3.8) is 0 Å². The van der Waals surface area contributed by atoms with Gasteiger partial charge < -0.3 is 5.32 Å². The highest BCUT2D eigenvalue weighted by Crippen LogP contribution is 2.33. The molecule has 0 aliphatic carbocycles. The van der Waals surface area contributed by atoms with Gasteiger partial charge in [-0.2, -0.15) is 0 Å². The molecular formula is C14H19ClN4OS. The summed E-state index contributed by atoms with van der Waals surface area (Å²) in [5.41, 5.74) is 0.939. The highest BCUT2D eigenvalue weighted by atomic mass is 35.5. The highest BCUT2D eigenvalue weighted by molar-refractivity contribution is 7.99. The molecule has 0 radical (unpaired) electrons. The number of hydrogen-bond acceptors (Lipinski definition) is 4. The Kier molecular flexibility index (Phi) is 5.50. The zero-order valence-electron chi connectivity index (χ0n) is 12.3. The molecule has 0 aliphatic rings. The van der Waals surface area contributed by atoms with Gasteiger partial charge in [-0.3, -0.25) is 4.57 Å². The minimum Gasteiger partial charge on any atom is -0.310 e. The number of aromatic nitrogens is 3. The molecule has 0 aliphatic heterocycles. The molecule has 2 aromatic rings. The minimum absolute atomic E-state index is 0.200. The Hall–Kier alpha value is -1.24. The SMILES string of the molecule is CCNC(C)c1ccc(Sc2n[nH]c(=O)n2CC)c(Cl)c1. The molecule has 0 fully saturated rings. The van der Waals surface area contributed by atoms with Crippen LogP contribution >= 0.6 is 23.4 Å². The molecule has 0 saturated carbocycles. The van der Waals surface area contributed by atoms with Crippen LogP contribution in [0.1, 0.15) is 32.4 Å². The summed E-state index contributed by atoms with van der Waals surface area (Å²) < 4.78 is 1.58. The van der Waals surface area contributed by atoms with E-state index in [1.54, 1.807) is 4.57 Å². The molecule has 0 amide bonds. The van der Waals surface area contributed by atoms with E-state index in [9.17, 15) is 4.79 Å². The third-order valence-corrected chi connectivity index (χ3v) is 4.70. The standard InChI is InChI=1S/C14H19ClN4OS/c1-4-16-9(3)10-6-7-12(11(15)8-10)21-14-18-17-13(20)19(14)5-2/h6-9,16H,4-5H2,1-3H3,(H,17,20). The molecule has 0 saturated heterocycles. The van der Waals surface area contributed by atoms with E-state index in [2.05, 4.69) is 29.4 Å². The van der Waals surface area contributed by atoms with E-state index in [0.717, 1.165) is 17.0 Å². The first kappa shape index (κ1) is 16.1. The van der Waals surface area contributed by atoms with Gasteiger partial charge in [-0.25, -0.2) is 9.89 Å². The van der Waals surface area contributed by atoms with Crippen LogP contribution in [0.25, 0.3) is 0 Å². The van der Waals surface area contributed by atoms with E-state index in [1.807, 2.05) is 25.1 Å². The zero-order valence-corrected chi connectivity index (χ0v) is 13.9. The molecule has 114 valence electrons. The van der Waals surface area contributed by atoms with E-state index in [1.165, 1.54) is 11.8 Å². The quantitative estimate of drug-likeness (QED) is 0.856. The van der Waals surface area contributed by atoms with E-state index >= 15 is 0 Å². The Bertz CT molecular complexity index is 667. The van der Waals surface area contributed by atoms with Crippen molar-refractivity contribution in [3.8, 4) is 0 Å². The molecule has 0 spiro atoms. The average molecular weight is 327 g/mol. The van der Waals surface area contributed by atoms with Gasteiger partial charge in [0.05, 0.1) is 5.02 Å². The lowest BCUT2D eigenvalue weighted by atomic mass is 10.1. The summed E-state index contributed by atoms with van der Waals surface area (Å²) in [4.78, 5) is 12.4. The van der Waals surface area contributed by atoms with Crippen molar-refractivity contribution < 1.29 is 0 Å². The average Bonchev–Trinajstić information content (AvgIpc) is 2.81.